The van der Waals surface area contributed by atoms with Gasteiger partial charge in [-0.1, -0.05) is 12.1 Å². The van der Waals surface area contributed by atoms with Crippen LogP contribution in [0, 0.1) is 5.82 Å². The van der Waals surface area contributed by atoms with E-state index < -0.39 is 0 Å². The molecule has 2 aliphatic heterocycles. The number of carbonyl (C=O) groups excluding carboxylic acids is 2. The predicted octanol–water partition coefficient (Wildman–Crippen LogP) is 3.07. The molecule has 5 nitrogen and oxygen atoms in total. The average molecular weight is 353 g/mol. The summed E-state index contributed by atoms with van der Waals surface area (Å²) in [5.74, 6) is -0.533. The fourth-order valence-electron chi connectivity index (χ4n) is 3.62. The van der Waals surface area contributed by atoms with Gasteiger partial charge in [0, 0.05) is 18.7 Å². The van der Waals surface area contributed by atoms with Crippen LogP contribution in [0.15, 0.2) is 42.5 Å². The van der Waals surface area contributed by atoms with Crippen molar-refractivity contribution < 1.29 is 14.0 Å². The van der Waals surface area contributed by atoms with Crippen LogP contribution in [-0.2, 0) is 11.3 Å². The standard InChI is InChI=1S/C20H20FN3O2/c21-15-7-4-13(5-8-15)12-22-19(25)14-6-9-17-16(11-14)23-20(26)18-3-1-2-10-24(17)18/h4-9,11,18H,1-3,10,12H2,(H,22,25)(H,23,26). The Balaban J connectivity index is 1.50. The maximum absolute atomic E-state index is 12.9. The first-order valence-electron chi connectivity index (χ1n) is 8.86. The van der Waals surface area contributed by atoms with Crippen LogP contribution in [0.1, 0.15) is 35.2 Å². The molecular weight excluding hydrogens is 333 g/mol. The lowest BCUT2D eigenvalue weighted by Crippen LogP contribution is -2.50. The summed E-state index contributed by atoms with van der Waals surface area (Å²) in [6.07, 6.45) is 3.00. The molecule has 2 N–H and O–H groups in total. The Morgan fingerprint density at radius 3 is 2.81 bits per heavy atom. The highest BCUT2D eigenvalue weighted by Crippen LogP contribution is 2.36. The molecule has 1 fully saturated rings. The van der Waals surface area contributed by atoms with Gasteiger partial charge >= 0.3 is 0 Å². The van der Waals surface area contributed by atoms with Gasteiger partial charge in [-0.05, 0) is 55.2 Å². The zero-order chi connectivity index (χ0) is 18.1. The third kappa shape index (κ3) is 3.14. The number of piperidine rings is 1. The minimum Gasteiger partial charge on any atom is -0.358 e. The predicted molar refractivity (Wildman–Crippen MR) is 97.6 cm³/mol. The number of rotatable bonds is 3. The minimum atomic E-state index is -0.304. The van der Waals surface area contributed by atoms with Crippen molar-refractivity contribution in [1.29, 1.82) is 0 Å². The van der Waals surface area contributed by atoms with Crippen LogP contribution in [-0.4, -0.2) is 24.4 Å². The average Bonchev–Trinajstić information content (AvgIpc) is 2.67. The normalized spacial score (nSPS) is 18.6. The van der Waals surface area contributed by atoms with Gasteiger partial charge in [0.15, 0.2) is 0 Å². The topological polar surface area (TPSA) is 61.4 Å². The molecule has 6 heteroatoms. The van der Waals surface area contributed by atoms with Gasteiger partial charge in [0.05, 0.1) is 11.4 Å². The Hall–Kier alpha value is -2.89. The van der Waals surface area contributed by atoms with Gasteiger partial charge in [-0.2, -0.15) is 0 Å². The van der Waals surface area contributed by atoms with E-state index in [0.717, 1.165) is 37.1 Å². The fraction of sp³-hybridized carbons (Fsp3) is 0.300. The number of carbonyl (C=O) groups is 2. The summed E-state index contributed by atoms with van der Waals surface area (Å²) < 4.78 is 12.9. The number of benzene rings is 2. The summed E-state index contributed by atoms with van der Waals surface area (Å²) >= 11 is 0. The summed E-state index contributed by atoms with van der Waals surface area (Å²) in [6.45, 7) is 1.18. The second-order valence-electron chi connectivity index (χ2n) is 6.74. The van der Waals surface area contributed by atoms with Crippen LogP contribution in [0.25, 0.3) is 0 Å². The zero-order valence-corrected chi connectivity index (χ0v) is 14.3. The largest absolute Gasteiger partial charge is 0.358 e. The minimum absolute atomic E-state index is 0.000991. The Bertz CT molecular complexity index is 851. The third-order valence-electron chi connectivity index (χ3n) is 5.00. The van der Waals surface area contributed by atoms with Gasteiger partial charge in [-0.3, -0.25) is 9.59 Å². The maximum atomic E-state index is 12.9. The van der Waals surface area contributed by atoms with Crippen LogP contribution >= 0.6 is 0 Å². The van der Waals surface area contributed by atoms with Gasteiger partial charge < -0.3 is 15.5 Å². The summed E-state index contributed by atoms with van der Waals surface area (Å²) in [6, 6.07) is 11.3. The first-order valence-corrected chi connectivity index (χ1v) is 8.86. The number of halogens is 1. The van der Waals surface area contributed by atoms with E-state index in [-0.39, 0.29) is 23.7 Å². The Kier molecular flexibility index (Phi) is 4.32. The van der Waals surface area contributed by atoms with Crippen LogP contribution < -0.4 is 15.5 Å². The van der Waals surface area contributed by atoms with Crippen molar-refractivity contribution >= 4 is 23.2 Å². The number of nitrogens with one attached hydrogen (secondary N) is 2. The SMILES string of the molecule is O=C(NCc1ccc(F)cc1)c1ccc2c(c1)NC(=O)C1CCCCN21. The molecule has 0 bridgehead atoms. The van der Waals surface area contributed by atoms with E-state index in [9.17, 15) is 14.0 Å². The first-order chi connectivity index (χ1) is 12.6. The second kappa shape index (κ2) is 6.78. The van der Waals surface area contributed by atoms with Crippen molar-refractivity contribution in [2.24, 2.45) is 0 Å². The summed E-state index contributed by atoms with van der Waals surface area (Å²) in [4.78, 5) is 26.9. The van der Waals surface area contributed by atoms with E-state index in [1.165, 1.54) is 12.1 Å². The molecule has 0 aromatic heterocycles. The van der Waals surface area contributed by atoms with Crippen molar-refractivity contribution in [3.63, 3.8) is 0 Å². The van der Waals surface area contributed by atoms with Gasteiger partial charge in [0.1, 0.15) is 11.9 Å². The molecule has 26 heavy (non-hydrogen) atoms. The Morgan fingerprint density at radius 1 is 1.19 bits per heavy atom. The summed E-state index contributed by atoms with van der Waals surface area (Å²) in [7, 11) is 0. The monoisotopic (exact) mass is 353 g/mol. The molecule has 0 saturated carbocycles. The highest BCUT2D eigenvalue weighted by molar-refractivity contribution is 6.05. The van der Waals surface area contributed by atoms with E-state index in [4.69, 9.17) is 0 Å². The smallest absolute Gasteiger partial charge is 0.251 e. The van der Waals surface area contributed by atoms with Crippen molar-refractivity contribution in [1.82, 2.24) is 5.32 Å². The van der Waals surface area contributed by atoms with Gasteiger partial charge in [-0.15, -0.1) is 0 Å². The third-order valence-corrected chi connectivity index (χ3v) is 5.00. The molecule has 2 heterocycles. The van der Waals surface area contributed by atoms with Gasteiger partial charge in [0.2, 0.25) is 5.91 Å². The van der Waals surface area contributed by atoms with Gasteiger partial charge in [-0.25, -0.2) is 4.39 Å². The van der Waals surface area contributed by atoms with E-state index in [2.05, 4.69) is 15.5 Å². The Labute approximate surface area is 151 Å². The number of hydrogen-bond acceptors (Lipinski definition) is 3. The molecule has 2 aromatic rings. The van der Waals surface area contributed by atoms with E-state index in [0.29, 0.717) is 17.8 Å². The van der Waals surface area contributed by atoms with Crippen molar-refractivity contribution in [2.45, 2.75) is 31.8 Å². The molecular formula is C20H20FN3O2. The second-order valence-corrected chi connectivity index (χ2v) is 6.74. The molecule has 1 saturated heterocycles. The van der Waals surface area contributed by atoms with Crippen LogP contribution in [0.4, 0.5) is 15.8 Å². The quantitative estimate of drug-likeness (QED) is 0.891. The van der Waals surface area contributed by atoms with Crippen molar-refractivity contribution in [3.05, 3.63) is 59.4 Å². The summed E-state index contributed by atoms with van der Waals surface area (Å²) in [5, 5.41) is 5.75. The highest BCUT2D eigenvalue weighted by Gasteiger charge is 2.34. The lowest BCUT2D eigenvalue weighted by molar-refractivity contribution is -0.118. The van der Waals surface area contributed by atoms with Gasteiger partial charge in [0.25, 0.3) is 5.91 Å². The lowest BCUT2D eigenvalue weighted by atomic mass is 9.97. The van der Waals surface area contributed by atoms with E-state index in [1.54, 1.807) is 24.3 Å². The molecule has 134 valence electrons. The summed E-state index contributed by atoms with van der Waals surface area (Å²) in [5.41, 5.74) is 2.97. The van der Waals surface area contributed by atoms with Crippen LogP contribution in [0.5, 0.6) is 0 Å². The zero-order valence-electron chi connectivity index (χ0n) is 14.3. The van der Waals surface area contributed by atoms with E-state index in [1.807, 2.05) is 6.07 Å². The number of anilines is 2. The van der Waals surface area contributed by atoms with Crippen LogP contribution in [0.3, 0.4) is 0 Å². The van der Waals surface area contributed by atoms with E-state index >= 15 is 0 Å². The lowest BCUT2D eigenvalue weighted by Gasteiger charge is -2.41. The number of nitrogens with zero attached hydrogens (tertiary/aromatic N) is 1. The molecule has 0 spiro atoms. The number of amides is 2. The van der Waals surface area contributed by atoms with Crippen molar-refractivity contribution in [2.75, 3.05) is 16.8 Å². The molecule has 0 radical (unpaired) electrons. The fourth-order valence-corrected chi connectivity index (χ4v) is 3.62. The molecule has 2 aliphatic rings. The molecule has 1 atom stereocenters. The maximum Gasteiger partial charge on any atom is 0.251 e. The highest BCUT2D eigenvalue weighted by atomic mass is 19.1. The molecule has 2 amide bonds. The molecule has 1 unspecified atom stereocenters. The first kappa shape index (κ1) is 16.6. The van der Waals surface area contributed by atoms with Crippen LogP contribution in [0.2, 0.25) is 0 Å². The number of hydrogen-bond donors (Lipinski definition) is 2. The molecule has 0 aliphatic carbocycles. The molecule has 4 rings (SSSR count). The molecule has 2 aromatic carbocycles. The Morgan fingerprint density at radius 2 is 2.00 bits per heavy atom. The number of fused-ring (bicyclic) bond motifs is 3. The van der Waals surface area contributed by atoms with Crippen molar-refractivity contribution in [3.8, 4) is 0 Å².